The predicted octanol–water partition coefficient (Wildman–Crippen LogP) is 3.37. The number of benzene rings is 2. The zero-order valence-corrected chi connectivity index (χ0v) is 18.4. The van der Waals surface area contributed by atoms with Crippen LogP contribution >= 0.6 is 0 Å². The molecule has 2 aliphatic heterocycles. The third kappa shape index (κ3) is 4.67. The van der Waals surface area contributed by atoms with Gasteiger partial charge in [0.25, 0.3) is 5.56 Å². The second-order valence-electron chi connectivity index (χ2n) is 8.03. The van der Waals surface area contributed by atoms with Crippen molar-refractivity contribution in [3.63, 3.8) is 0 Å². The molecule has 0 saturated heterocycles. The summed E-state index contributed by atoms with van der Waals surface area (Å²) in [4.78, 5) is 44.7. The van der Waals surface area contributed by atoms with Crippen LogP contribution in [0.15, 0.2) is 47.3 Å². The molecule has 0 aliphatic carbocycles. The highest BCUT2D eigenvalue weighted by atomic mass is 19.4. The molecule has 0 fully saturated rings. The highest BCUT2D eigenvalue weighted by Crippen LogP contribution is 2.35. The summed E-state index contributed by atoms with van der Waals surface area (Å²) in [5.41, 5.74) is -1.29. The van der Waals surface area contributed by atoms with Crippen molar-refractivity contribution in [2.45, 2.75) is 18.5 Å². The Morgan fingerprint density at radius 1 is 1.03 bits per heavy atom. The van der Waals surface area contributed by atoms with Gasteiger partial charge in [0.15, 0.2) is 11.5 Å². The number of halogens is 3. The maximum absolute atomic E-state index is 13.0. The number of aromatic amines is 1. The Morgan fingerprint density at radius 3 is 2.58 bits per heavy atom. The average Bonchev–Trinajstić information content (AvgIpc) is 2.83. The molecule has 2 aliphatic rings. The molecule has 1 unspecified atom stereocenters. The summed E-state index contributed by atoms with van der Waals surface area (Å²) in [6, 6.07) is 9.10. The molecule has 2 aromatic carbocycles. The Labute approximate surface area is 200 Å². The topological polar surface area (TPSA) is 134 Å². The number of rotatable bonds is 4. The number of aromatic nitrogens is 2. The molecule has 3 aromatic rings. The first-order valence-corrected chi connectivity index (χ1v) is 10.8. The first-order chi connectivity index (χ1) is 17.2. The van der Waals surface area contributed by atoms with Crippen LogP contribution in [0.5, 0.6) is 11.5 Å². The number of carbonyl (C=O) groups is 2. The van der Waals surface area contributed by atoms with E-state index in [1.54, 1.807) is 18.2 Å². The van der Waals surface area contributed by atoms with Gasteiger partial charge in [0, 0.05) is 23.9 Å². The van der Waals surface area contributed by atoms with Gasteiger partial charge in [-0.2, -0.15) is 18.2 Å². The van der Waals surface area contributed by atoms with Gasteiger partial charge in [0.2, 0.25) is 17.8 Å². The Kier molecular flexibility index (Phi) is 5.74. The van der Waals surface area contributed by atoms with E-state index in [1.807, 2.05) is 0 Å². The van der Waals surface area contributed by atoms with E-state index < -0.39 is 35.0 Å². The van der Waals surface area contributed by atoms with Crippen LogP contribution in [0, 0.1) is 0 Å². The van der Waals surface area contributed by atoms with Gasteiger partial charge in [-0.15, -0.1) is 0 Å². The number of nitrogens with zero attached hydrogens (tertiary/aromatic N) is 1. The summed E-state index contributed by atoms with van der Waals surface area (Å²) < 4.78 is 49.9. The molecule has 186 valence electrons. The van der Waals surface area contributed by atoms with Gasteiger partial charge in [-0.25, -0.2) is 0 Å². The lowest BCUT2D eigenvalue weighted by Crippen LogP contribution is -2.36. The SMILES string of the molecule is O=C1CC(C(=O)Nc2ccc3c(c2)OCCO3)c2c(nc(Nc3cccc(C(F)(F)F)c3)[nH]c2=O)N1. The number of hydrogen-bond donors (Lipinski definition) is 4. The summed E-state index contributed by atoms with van der Waals surface area (Å²) in [7, 11) is 0. The number of amides is 2. The molecule has 13 heteroatoms. The zero-order chi connectivity index (χ0) is 25.4. The van der Waals surface area contributed by atoms with E-state index in [-0.39, 0.29) is 29.4 Å². The van der Waals surface area contributed by atoms with E-state index in [9.17, 15) is 27.6 Å². The second kappa shape index (κ2) is 8.91. The van der Waals surface area contributed by atoms with Crippen molar-refractivity contribution in [3.8, 4) is 11.5 Å². The molecule has 5 rings (SSSR count). The Balaban J connectivity index is 1.40. The highest BCUT2D eigenvalue weighted by Gasteiger charge is 2.35. The van der Waals surface area contributed by atoms with Crippen molar-refractivity contribution < 1.29 is 32.2 Å². The maximum atomic E-state index is 13.0. The lowest BCUT2D eigenvalue weighted by atomic mass is 9.92. The first kappa shape index (κ1) is 23.2. The monoisotopic (exact) mass is 501 g/mol. The Bertz CT molecular complexity index is 1420. The minimum absolute atomic E-state index is 0.0166. The number of nitrogens with one attached hydrogen (secondary N) is 4. The molecule has 36 heavy (non-hydrogen) atoms. The van der Waals surface area contributed by atoms with Crippen LogP contribution in [0.3, 0.4) is 0 Å². The highest BCUT2D eigenvalue weighted by molar-refractivity contribution is 6.04. The van der Waals surface area contributed by atoms with Gasteiger partial charge >= 0.3 is 6.18 Å². The summed E-state index contributed by atoms with van der Waals surface area (Å²) in [5.74, 6) is -1.70. The maximum Gasteiger partial charge on any atom is 0.416 e. The zero-order valence-electron chi connectivity index (χ0n) is 18.4. The van der Waals surface area contributed by atoms with E-state index in [4.69, 9.17) is 9.47 Å². The first-order valence-electron chi connectivity index (χ1n) is 10.8. The summed E-state index contributed by atoms with van der Waals surface area (Å²) in [6.45, 7) is 0.769. The van der Waals surface area contributed by atoms with E-state index in [2.05, 4.69) is 25.9 Å². The van der Waals surface area contributed by atoms with E-state index in [0.29, 0.717) is 30.4 Å². The fraction of sp³-hybridized carbons (Fsp3) is 0.217. The lowest BCUT2D eigenvalue weighted by molar-refractivity contribution is -0.137. The smallest absolute Gasteiger partial charge is 0.416 e. The second-order valence-corrected chi connectivity index (χ2v) is 8.03. The van der Waals surface area contributed by atoms with Gasteiger partial charge in [-0.3, -0.25) is 19.4 Å². The van der Waals surface area contributed by atoms with Crippen LogP contribution in [0.25, 0.3) is 0 Å². The lowest BCUT2D eigenvalue weighted by Gasteiger charge is -2.24. The number of H-pyrrole nitrogens is 1. The molecule has 0 bridgehead atoms. The van der Waals surface area contributed by atoms with Crippen LogP contribution in [-0.2, 0) is 15.8 Å². The van der Waals surface area contributed by atoms with Gasteiger partial charge in [-0.1, -0.05) is 6.07 Å². The number of anilines is 4. The molecule has 0 radical (unpaired) electrons. The standard InChI is InChI=1S/C23H18F3N5O5/c24-23(25,26)11-2-1-3-12(8-11)28-22-30-19-18(21(34)31-22)14(10-17(32)29-19)20(33)27-13-4-5-15-16(9-13)36-7-6-35-15/h1-5,8-9,14H,6-7,10H2,(H,27,33)(H3,28,29,30,31,32,34). The van der Waals surface area contributed by atoms with Crippen LogP contribution < -0.4 is 31.0 Å². The van der Waals surface area contributed by atoms with Crippen molar-refractivity contribution in [1.82, 2.24) is 9.97 Å². The fourth-order valence-corrected chi connectivity index (χ4v) is 3.91. The minimum Gasteiger partial charge on any atom is -0.486 e. The van der Waals surface area contributed by atoms with Gasteiger partial charge in [0.05, 0.1) is 17.0 Å². The molecule has 4 N–H and O–H groups in total. The van der Waals surface area contributed by atoms with E-state index in [0.717, 1.165) is 12.1 Å². The molecule has 10 nitrogen and oxygen atoms in total. The Morgan fingerprint density at radius 2 is 1.81 bits per heavy atom. The van der Waals surface area contributed by atoms with Crippen LogP contribution in [0.2, 0.25) is 0 Å². The van der Waals surface area contributed by atoms with Crippen molar-refractivity contribution >= 4 is 35.0 Å². The van der Waals surface area contributed by atoms with Gasteiger partial charge in [-0.05, 0) is 30.3 Å². The molecule has 3 heterocycles. The predicted molar refractivity (Wildman–Crippen MR) is 122 cm³/mol. The van der Waals surface area contributed by atoms with Crippen molar-refractivity contribution in [2.75, 3.05) is 29.2 Å². The van der Waals surface area contributed by atoms with E-state index in [1.165, 1.54) is 12.1 Å². The molecule has 0 spiro atoms. The quantitative estimate of drug-likeness (QED) is 0.431. The van der Waals surface area contributed by atoms with E-state index >= 15 is 0 Å². The van der Waals surface area contributed by atoms with Crippen molar-refractivity contribution in [1.29, 1.82) is 0 Å². The van der Waals surface area contributed by atoms with Crippen molar-refractivity contribution in [3.05, 3.63) is 63.9 Å². The number of ether oxygens (including phenoxy) is 2. The molecule has 2 amide bonds. The third-order valence-corrected chi connectivity index (χ3v) is 5.53. The summed E-state index contributed by atoms with van der Waals surface area (Å²) in [5, 5.41) is 7.70. The van der Waals surface area contributed by atoms with Crippen molar-refractivity contribution in [2.24, 2.45) is 0 Å². The number of carbonyl (C=O) groups excluding carboxylic acids is 2. The molecule has 0 saturated carbocycles. The molecule has 1 aromatic heterocycles. The van der Waals surface area contributed by atoms with Crippen LogP contribution in [0.1, 0.15) is 23.5 Å². The van der Waals surface area contributed by atoms with Gasteiger partial charge < -0.3 is 25.4 Å². The summed E-state index contributed by atoms with van der Waals surface area (Å²) in [6.07, 6.45) is -4.85. The normalized spacial score (nSPS) is 16.5. The molecular formula is C23H18F3N5O5. The third-order valence-electron chi connectivity index (χ3n) is 5.53. The number of alkyl halides is 3. The molecule has 1 atom stereocenters. The Hall–Kier alpha value is -4.55. The average molecular weight is 501 g/mol. The minimum atomic E-state index is -4.56. The number of fused-ring (bicyclic) bond motifs is 2. The number of hydrogen-bond acceptors (Lipinski definition) is 7. The largest absolute Gasteiger partial charge is 0.486 e. The van der Waals surface area contributed by atoms with Crippen LogP contribution in [-0.4, -0.2) is 35.0 Å². The molecular weight excluding hydrogens is 483 g/mol. The fourth-order valence-electron chi connectivity index (χ4n) is 3.91. The summed E-state index contributed by atoms with van der Waals surface area (Å²) >= 11 is 0. The van der Waals surface area contributed by atoms with Gasteiger partial charge in [0.1, 0.15) is 19.0 Å². The van der Waals surface area contributed by atoms with Crippen LogP contribution in [0.4, 0.5) is 36.3 Å².